The van der Waals surface area contributed by atoms with Crippen LogP contribution in [0.25, 0.3) is 0 Å². The molecule has 0 aliphatic carbocycles. The van der Waals surface area contributed by atoms with Crippen molar-refractivity contribution in [1.82, 2.24) is 0 Å². The lowest BCUT2D eigenvalue weighted by Crippen LogP contribution is -2.15. The number of rotatable bonds is 5. The molecule has 1 rings (SSSR count). The first-order chi connectivity index (χ1) is 8.62. The highest BCUT2D eigenvalue weighted by molar-refractivity contribution is 6.32. The summed E-state index contributed by atoms with van der Waals surface area (Å²) >= 11 is 5.94. The highest BCUT2D eigenvalue weighted by Crippen LogP contribution is 2.36. The Balaban J connectivity index is 2.88. The van der Waals surface area contributed by atoms with Gasteiger partial charge >= 0.3 is 5.97 Å². The van der Waals surface area contributed by atoms with E-state index in [0.717, 1.165) is 0 Å². The number of nitriles is 1. The maximum absolute atomic E-state index is 11.2. The monoisotopic (exact) mass is 269 g/mol. The zero-order valence-electron chi connectivity index (χ0n) is 10.0. The van der Waals surface area contributed by atoms with Crippen molar-refractivity contribution in [2.45, 2.75) is 6.92 Å². The van der Waals surface area contributed by atoms with Gasteiger partial charge in [0, 0.05) is 6.07 Å². The summed E-state index contributed by atoms with van der Waals surface area (Å²) in [6, 6.07) is 4.86. The van der Waals surface area contributed by atoms with Crippen molar-refractivity contribution in [2.24, 2.45) is 0 Å². The van der Waals surface area contributed by atoms with Gasteiger partial charge in [-0.15, -0.1) is 0 Å². The van der Waals surface area contributed by atoms with Crippen LogP contribution in [0.3, 0.4) is 0 Å². The van der Waals surface area contributed by atoms with Crippen LogP contribution in [-0.2, 0) is 9.53 Å². The average molecular weight is 270 g/mol. The van der Waals surface area contributed by atoms with E-state index in [2.05, 4.69) is 0 Å². The molecule has 96 valence electrons. The lowest BCUT2D eigenvalue weighted by atomic mass is 10.2. The van der Waals surface area contributed by atoms with E-state index in [1.54, 1.807) is 6.92 Å². The summed E-state index contributed by atoms with van der Waals surface area (Å²) in [5, 5.41) is 8.99. The van der Waals surface area contributed by atoms with E-state index in [0.29, 0.717) is 11.3 Å². The number of benzene rings is 1. The lowest BCUT2D eigenvalue weighted by molar-refractivity contribution is -0.145. The molecule has 0 fully saturated rings. The van der Waals surface area contributed by atoms with Gasteiger partial charge in [0.25, 0.3) is 0 Å². The van der Waals surface area contributed by atoms with Gasteiger partial charge < -0.3 is 14.2 Å². The molecule has 0 spiro atoms. The summed E-state index contributed by atoms with van der Waals surface area (Å²) in [7, 11) is 1.42. The Kier molecular flexibility index (Phi) is 5.28. The molecule has 1 aromatic rings. The summed E-state index contributed by atoms with van der Waals surface area (Å²) in [6.45, 7) is 1.71. The van der Waals surface area contributed by atoms with Gasteiger partial charge in [-0.1, -0.05) is 11.6 Å². The van der Waals surface area contributed by atoms with Crippen molar-refractivity contribution in [3.05, 3.63) is 22.7 Å². The molecule has 0 N–H and O–H groups in total. The predicted octanol–water partition coefficient (Wildman–Crippen LogP) is 2.16. The van der Waals surface area contributed by atoms with Crippen LogP contribution < -0.4 is 9.47 Å². The normalized spacial score (nSPS) is 9.44. The van der Waals surface area contributed by atoms with Gasteiger partial charge in [-0.2, -0.15) is 5.26 Å². The van der Waals surface area contributed by atoms with Crippen LogP contribution in [0.15, 0.2) is 12.1 Å². The van der Waals surface area contributed by atoms with Gasteiger partial charge in [0.1, 0.15) is 0 Å². The van der Waals surface area contributed by atoms with Crippen LogP contribution in [0, 0.1) is 11.3 Å². The first-order valence-corrected chi connectivity index (χ1v) is 5.56. The third-order valence-corrected chi connectivity index (χ3v) is 2.28. The molecule has 0 amide bonds. The minimum absolute atomic E-state index is 0.204. The van der Waals surface area contributed by atoms with Gasteiger partial charge in [0.15, 0.2) is 18.1 Å². The molecule has 0 atom stereocenters. The average Bonchev–Trinajstić information content (AvgIpc) is 2.36. The van der Waals surface area contributed by atoms with Crippen molar-refractivity contribution < 1.29 is 19.0 Å². The van der Waals surface area contributed by atoms with Crippen molar-refractivity contribution >= 4 is 17.6 Å². The van der Waals surface area contributed by atoms with Gasteiger partial charge in [-0.3, -0.25) is 0 Å². The Labute approximate surface area is 110 Å². The summed E-state index contributed by atoms with van der Waals surface area (Å²) in [5.74, 6) is 0.00884. The lowest BCUT2D eigenvalue weighted by Gasteiger charge is -2.12. The minimum atomic E-state index is -0.500. The molecule has 0 aliphatic heterocycles. The van der Waals surface area contributed by atoms with Crippen LogP contribution in [-0.4, -0.2) is 26.3 Å². The number of carbonyl (C=O) groups is 1. The summed E-state index contributed by atoms with van der Waals surface area (Å²) in [5.41, 5.74) is 0.348. The first kappa shape index (κ1) is 14.1. The van der Waals surface area contributed by atoms with Gasteiger partial charge in [-0.05, 0) is 13.0 Å². The van der Waals surface area contributed by atoms with Crippen molar-refractivity contribution in [3.8, 4) is 17.6 Å². The molecule has 0 aliphatic rings. The highest BCUT2D eigenvalue weighted by atomic mass is 35.5. The van der Waals surface area contributed by atoms with E-state index in [1.165, 1.54) is 19.2 Å². The SMILES string of the molecule is CCOC(=O)COc1c(Cl)cc(C#N)cc1OC. The molecule has 0 saturated heterocycles. The number of hydrogen-bond acceptors (Lipinski definition) is 5. The van der Waals surface area contributed by atoms with Crippen LogP contribution in [0.4, 0.5) is 0 Å². The van der Waals surface area contributed by atoms with E-state index in [-0.39, 0.29) is 24.0 Å². The molecule has 0 unspecified atom stereocenters. The number of halogens is 1. The predicted molar refractivity (Wildman–Crippen MR) is 64.8 cm³/mol. The second-order valence-electron chi connectivity index (χ2n) is 3.19. The molecule has 5 nitrogen and oxygen atoms in total. The third kappa shape index (κ3) is 3.54. The molecule has 0 heterocycles. The molecule has 6 heteroatoms. The van der Waals surface area contributed by atoms with E-state index in [1.807, 2.05) is 6.07 Å². The molecule has 0 saturated carbocycles. The molecule has 18 heavy (non-hydrogen) atoms. The number of methoxy groups -OCH3 is 1. The van der Waals surface area contributed by atoms with Gasteiger partial charge in [0.2, 0.25) is 0 Å². The second-order valence-corrected chi connectivity index (χ2v) is 3.60. The number of hydrogen-bond donors (Lipinski definition) is 0. The fourth-order valence-electron chi connectivity index (χ4n) is 1.26. The zero-order chi connectivity index (χ0) is 13.5. The molecular formula is C12H12ClNO4. The Bertz CT molecular complexity index is 482. The van der Waals surface area contributed by atoms with Gasteiger partial charge in [-0.25, -0.2) is 4.79 Å². The maximum Gasteiger partial charge on any atom is 0.344 e. The topological polar surface area (TPSA) is 68.5 Å². The number of carbonyl (C=O) groups excluding carboxylic acids is 1. The summed E-state index contributed by atoms with van der Waals surface area (Å²) < 4.78 is 15.0. The van der Waals surface area contributed by atoms with E-state index < -0.39 is 5.97 Å². The van der Waals surface area contributed by atoms with E-state index >= 15 is 0 Å². The minimum Gasteiger partial charge on any atom is -0.493 e. The Morgan fingerprint density at radius 2 is 2.22 bits per heavy atom. The molecular weight excluding hydrogens is 258 g/mol. The smallest absolute Gasteiger partial charge is 0.344 e. The number of nitrogens with zero attached hydrogens (tertiary/aromatic N) is 1. The number of ether oxygens (including phenoxy) is 3. The third-order valence-electron chi connectivity index (χ3n) is 2.00. The largest absolute Gasteiger partial charge is 0.493 e. The molecule has 0 radical (unpaired) electrons. The van der Waals surface area contributed by atoms with Crippen LogP contribution >= 0.6 is 11.6 Å². The van der Waals surface area contributed by atoms with Crippen LogP contribution in [0.1, 0.15) is 12.5 Å². The van der Waals surface area contributed by atoms with Crippen LogP contribution in [0.2, 0.25) is 5.02 Å². The molecule has 1 aromatic carbocycles. The highest BCUT2D eigenvalue weighted by Gasteiger charge is 2.14. The van der Waals surface area contributed by atoms with Crippen molar-refractivity contribution in [3.63, 3.8) is 0 Å². The summed E-state index contributed by atoms with van der Waals surface area (Å²) in [4.78, 5) is 11.2. The standard InChI is InChI=1S/C12H12ClNO4/c1-3-17-11(15)7-18-12-9(13)4-8(6-14)5-10(12)16-2/h4-5H,3,7H2,1-2H3. The quantitative estimate of drug-likeness (QED) is 0.766. The van der Waals surface area contributed by atoms with Gasteiger partial charge in [0.05, 0.1) is 30.4 Å². The Hall–Kier alpha value is -1.93. The second kappa shape index (κ2) is 6.72. The van der Waals surface area contributed by atoms with Crippen LogP contribution in [0.5, 0.6) is 11.5 Å². The molecule has 0 aromatic heterocycles. The first-order valence-electron chi connectivity index (χ1n) is 5.18. The maximum atomic E-state index is 11.2. The number of esters is 1. The van der Waals surface area contributed by atoms with Crippen molar-refractivity contribution in [2.75, 3.05) is 20.3 Å². The zero-order valence-corrected chi connectivity index (χ0v) is 10.8. The Morgan fingerprint density at radius 1 is 1.50 bits per heavy atom. The van der Waals surface area contributed by atoms with Crippen molar-refractivity contribution in [1.29, 1.82) is 5.26 Å². The Morgan fingerprint density at radius 3 is 2.78 bits per heavy atom. The summed E-state index contributed by atoms with van der Waals surface area (Å²) in [6.07, 6.45) is 0. The van der Waals surface area contributed by atoms with E-state index in [4.69, 9.17) is 31.1 Å². The molecule has 0 bridgehead atoms. The fourth-order valence-corrected chi connectivity index (χ4v) is 1.52. The van der Waals surface area contributed by atoms with E-state index in [9.17, 15) is 4.79 Å². The fraction of sp³-hybridized carbons (Fsp3) is 0.333.